The Labute approximate surface area is 147 Å². The number of carbonyl (C=O) groups excluding carboxylic acids is 1. The van der Waals surface area contributed by atoms with Crippen molar-refractivity contribution in [3.63, 3.8) is 0 Å². The van der Waals surface area contributed by atoms with Gasteiger partial charge in [-0.3, -0.25) is 0 Å². The number of rotatable bonds is 4. The average Bonchev–Trinajstić information content (AvgIpc) is 2.97. The molecule has 1 aliphatic rings. The number of sulfone groups is 1. The third-order valence-corrected chi connectivity index (χ3v) is 5.20. The molecule has 25 heavy (non-hydrogen) atoms. The summed E-state index contributed by atoms with van der Waals surface area (Å²) in [7, 11) is -3.33. The highest BCUT2D eigenvalue weighted by Gasteiger charge is 2.22. The van der Waals surface area contributed by atoms with Crippen LogP contribution >= 0.6 is 0 Å². The Hall–Kier alpha value is -2.54. The third kappa shape index (κ3) is 4.11. The van der Waals surface area contributed by atoms with Gasteiger partial charge in [-0.05, 0) is 36.2 Å². The second kappa shape index (κ2) is 6.76. The Kier molecular flexibility index (Phi) is 4.67. The fourth-order valence-corrected chi connectivity index (χ4v) is 3.35. The Balaban J connectivity index is 1.59. The molecule has 0 radical (unpaired) electrons. The van der Waals surface area contributed by atoms with Gasteiger partial charge in [-0.2, -0.15) is 0 Å². The van der Waals surface area contributed by atoms with Gasteiger partial charge in [0.25, 0.3) is 0 Å². The summed E-state index contributed by atoms with van der Waals surface area (Å²) in [6.07, 6.45) is 1.78. The zero-order chi connectivity index (χ0) is 18.0. The number of anilines is 1. The van der Waals surface area contributed by atoms with Gasteiger partial charge in [0, 0.05) is 18.4 Å². The Bertz CT molecular complexity index is 884. The zero-order valence-electron chi connectivity index (χ0n) is 14.1. The second-order valence-electron chi connectivity index (χ2n) is 6.14. The van der Waals surface area contributed by atoms with Crippen molar-refractivity contribution in [3.8, 4) is 5.75 Å². The molecule has 0 fully saturated rings. The number of urea groups is 1. The van der Waals surface area contributed by atoms with E-state index in [0.717, 1.165) is 29.6 Å². The van der Waals surface area contributed by atoms with Gasteiger partial charge in [0.05, 0.1) is 11.4 Å². The van der Waals surface area contributed by atoms with Gasteiger partial charge in [-0.25, -0.2) is 13.2 Å². The van der Waals surface area contributed by atoms with E-state index in [0.29, 0.717) is 12.2 Å². The number of hydrogen-bond acceptors (Lipinski definition) is 4. The molecule has 1 atom stereocenters. The minimum absolute atomic E-state index is 0.105. The van der Waals surface area contributed by atoms with E-state index in [-0.39, 0.29) is 11.0 Å². The van der Waals surface area contributed by atoms with E-state index in [1.165, 1.54) is 12.1 Å². The Morgan fingerprint density at radius 3 is 2.72 bits per heavy atom. The molecule has 3 rings (SSSR count). The summed E-state index contributed by atoms with van der Waals surface area (Å²) in [6.45, 7) is 2.17. The number of carbonyl (C=O) groups is 1. The molecule has 0 aliphatic carbocycles. The van der Waals surface area contributed by atoms with Crippen molar-refractivity contribution >= 4 is 21.6 Å². The summed E-state index contributed by atoms with van der Waals surface area (Å²) >= 11 is 0. The van der Waals surface area contributed by atoms with Crippen LogP contribution in [0.25, 0.3) is 0 Å². The molecule has 2 aromatic rings. The van der Waals surface area contributed by atoms with Crippen molar-refractivity contribution in [2.24, 2.45) is 0 Å². The highest BCUT2D eigenvalue weighted by molar-refractivity contribution is 7.90. The van der Waals surface area contributed by atoms with E-state index in [4.69, 9.17) is 4.74 Å². The summed E-state index contributed by atoms with van der Waals surface area (Å²) in [5.41, 5.74) is 2.38. The van der Waals surface area contributed by atoms with Crippen LogP contribution in [0.4, 0.5) is 10.5 Å². The molecular weight excluding hydrogens is 340 g/mol. The Morgan fingerprint density at radius 1 is 1.24 bits per heavy atom. The second-order valence-corrected chi connectivity index (χ2v) is 8.15. The molecule has 2 amide bonds. The SMILES string of the molecule is Cc1ccc(S(C)(=O)=O)cc1NC(=O)NC[C@H]1Cc2ccccc2O1. The fraction of sp³-hybridized carbons (Fsp3) is 0.278. The monoisotopic (exact) mass is 360 g/mol. The van der Waals surface area contributed by atoms with Crippen LogP contribution in [0.2, 0.25) is 0 Å². The highest BCUT2D eigenvalue weighted by atomic mass is 32.2. The Morgan fingerprint density at radius 2 is 2.00 bits per heavy atom. The van der Waals surface area contributed by atoms with Gasteiger partial charge in [-0.1, -0.05) is 24.3 Å². The van der Waals surface area contributed by atoms with E-state index in [9.17, 15) is 13.2 Å². The van der Waals surface area contributed by atoms with Gasteiger partial charge in [0.15, 0.2) is 9.84 Å². The molecule has 1 aliphatic heterocycles. The van der Waals surface area contributed by atoms with Gasteiger partial charge in [0.1, 0.15) is 11.9 Å². The number of fused-ring (bicyclic) bond motifs is 1. The largest absolute Gasteiger partial charge is 0.488 e. The average molecular weight is 360 g/mol. The molecule has 0 spiro atoms. The van der Waals surface area contributed by atoms with Crippen molar-refractivity contribution in [1.82, 2.24) is 5.32 Å². The minimum Gasteiger partial charge on any atom is -0.488 e. The van der Waals surface area contributed by atoms with Crippen molar-refractivity contribution in [1.29, 1.82) is 0 Å². The quantitative estimate of drug-likeness (QED) is 0.877. The molecule has 7 heteroatoms. The predicted molar refractivity (Wildman–Crippen MR) is 95.9 cm³/mol. The molecule has 0 bridgehead atoms. The van der Waals surface area contributed by atoms with Crippen LogP contribution in [-0.4, -0.2) is 33.4 Å². The molecule has 2 N–H and O–H groups in total. The number of hydrogen-bond donors (Lipinski definition) is 2. The van der Waals surface area contributed by atoms with Crippen LogP contribution in [0, 0.1) is 6.92 Å². The van der Waals surface area contributed by atoms with Gasteiger partial charge in [-0.15, -0.1) is 0 Å². The van der Waals surface area contributed by atoms with Crippen LogP contribution in [0.15, 0.2) is 47.4 Å². The van der Waals surface area contributed by atoms with Crippen molar-refractivity contribution in [2.45, 2.75) is 24.3 Å². The molecule has 0 saturated heterocycles. The maximum atomic E-state index is 12.1. The molecule has 0 saturated carbocycles. The predicted octanol–water partition coefficient (Wildman–Crippen LogP) is 2.52. The first-order valence-corrected chi connectivity index (χ1v) is 9.82. The van der Waals surface area contributed by atoms with Crippen LogP contribution in [0.3, 0.4) is 0 Å². The van der Waals surface area contributed by atoms with E-state index < -0.39 is 15.9 Å². The summed E-state index contributed by atoms with van der Waals surface area (Å²) < 4.78 is 29.1. The van der Waals surface area contributed by atoms with E-state index in [2.05, 4.69) is 10.6 Å². The number of nitrogens with one attached hydrogen (secondary N) is 2. The lowest BCUT2D eigenvalue weighted by molar-refractivity contribution is 0.219. The van der Waals surface area contributed by atoms with Crippen molar-refractivity contribution < 1.29 is 17.9 Å². The molecule has 2 aromatic carbocycles. The first-order valence-electron chi connectivity index (χ1n) is 7.93. The van der Waals surface area contributed by atoms with Crippen LogP contribution in [0.1, 0.15) is 11.1 Å². The zero-order valence-corrected chi connectivity index (χ0v) is 14.9. The summed E-state index contributed by atoms with van der Waals surface area (Å²) in [5.74, 6) is 0.853. The molecule has 6 nitrogen and oxygen atoms in total. The van der Waals surface area contributed by atoms with Gasteiger partial charge >= 0.3 is 6.03 Å². The fourth-order valence-electron chi connectivity index (χ4n) is 2.71. The summed E-state index contributed by atoms with van der Waals surface area (Å²) in [4.78, 5) is 12.3. The lowest BCUT2D eigenvalue weighted by atomic mass is 10.1. The number of para-hydroxylation sites is 1. The molecule has 0 aromatic heterocycles. The van der Waals surface area contributed by atoms with Crippen LogP contribution in [0.5, 0.6) is 5.75 Å². The van der Waals surface area contributed by atoms with E-state index in [1.54, 1.807) is 13.0 Å². The number of aryl methyl sites for hydroxylation is 1. The minimum atomic E-state index is -3.33. The van der Waals surface area contributed by atoms with Crippen molar-refractivity contribution in [3.05, 3.63) is 53.6 Å². The number of benzene rings is 2. The number of amides is 2. The first-order chi connectivity index (χ1) is 11.8. The highest BCUT2D eigenvalue weighted by Crippen LogP contribution is 2.27. The van der Waals surface area contributed by atoms with E-state index >= 15 is 0 Å². The summed E-state index contributed by atoms with van der Waals surface area (Å²) in [6, 6.07) is 12.1. The topological polar surface area (TPSA) is 84.5 Å². The van der Waals surface area contributed by atoms with Crippen LogP contribution < -0.4 is 15.4 Å². The molecule has 0 unspecified atom stereocenters. The molecule has 132 valence electrons. The van der Waals surface area contributed by atoms with Crippen molar-refractivity contribution in [2.75, 3.05) is 18.1 Å². The smallest absolute Gasteiger partial charge is 0.319 e. The van der Waals surface area contributed by atoms with E-state index in [1.807, 2.05) is 24.3 Å². The lowest BCUT2D eigenvalue weighted by Crippen LogP contribution is -2.37. The van der Waals surface area contributed by atoms with Crippen LogP contribution in [-0.2, 0) is 16.3 Å². The maximum Gasteiger partial charge on any atom is 0.319 e. The standard InChI is InChI=1S/C18H20N2O4S/c1-12-7-8-15(25(2,22)23)10-16(12)20-18(21)19-11-14-9-13-5-3-4-6-17(13)24-14/h3-8,10,14H,9,11H2,1-2H3,(H2,19,20,21)/t14-/m1/s1. The summed E-state index contributed by atoms with van der Waals surface area (Å²) in [5, 5.41) is 5.47. The first kappa shape index (κ1) is 17.3. The maximum absolute atomic E-state index is 12.1. The third-order valence-electron chi connectivity index (χ3n) is 4.09. The molecule has 1 heterocycles. The normalized spacial score (nSPS) is 16.0. The van der Waals surface area contributed by atoms with Gasteiger partial charge in [0.2, 0.25) is 0 Å². The lowest BCUT2D eigenvalue weighted by Gasteiger charge is -2.14. The number of ether oxygens (including phenoxy) is 1. The molecular formula is C18H20N2O4S. The van der Waals surface area contributed by atoms with Gasteiger partial charge < -0.3 is 15.4 Å².